The van der Waals surface area contributed by atoms with E-state index in [2.05, 4.69) is 15.3 Å². The number of nitrogens with one attached hydrogen (secondary N) is 1. The van der Waals surface area contributed by atoms with Crippen LogP contribution in [0.1, 0.15) is 70.2 Å². The third-order valence-electron chi connectivity index (χ3n) is 7.15. The molecule has 1 aromatic carbocycles. The Morgan fingerprint density at radius 1 is 1.28 bits per heavy atom. The van der Waals surface area contributed by atoms with Crippen molar-refractivity contribution in [2.24, 2.45) is 22.6 Å². The Labute approximate surface area is 210 Å². The zero-order valence-corrected chi connectivity index (χ0v) is 21.0. The molecule has 190 valence electrons. The largest absolute Gasteiger partial charge is 0.487 e. The van der Waals surface area contributed by atoms with Crippen molar-refractivity contribution >= 4 is 17.8 Å². The first-order chi connectivity index (χ1) is 16.9. The van der Waals surface area contributed by atoms with Crippen molar-refractivity contribution in [3.63, 3.8) is 0 Å². The molecule has 0 radical (unpaired) electrons. The maximum atomic E-state index is 13.8. The van der Waals surface area contributed by atoms with Crippen LogP contribution in [0.15, 0.2) is 47.7 Å². The van der Waals surface area contributed by atoms with Gasteiger partial charge in [0.2, 0.25) is 11.8 Å². The van der Waals surface area contributed by atoms with Gasteiger partial charge in [0.05, 0.1) is 24.0 Å². The summed E-state index contributed by atoms with van der Waals surface area (Å²) in [7, 11) is 0. The average molecular weight is 494 g/mol. The van der Waals surface area contributed by atoms with Gasteiger partial charge in [0, 0.05) is 36.4 Å². The molecule has 2 aromatic rings. The molecule has 2 unspecified atom stereocenters. The summed E-state index contributed by atoms with van der Waals surface area (Å²) >= 11 is 0. The summed E-state index contributed by atoms with van der Waals surface area (Å²) in [4.78, 5) is 37.0. The SMILES string of the molecule is CC1(C)CC(=O)N([C@H](c2cccnc2)C2C[C@H]2C(=O)NC2CC(C)(C)Oc3cc(F)ccc32)C(N)=N1. The van der Waals surface area contributed by atoms with Crippen molar-refractivity contribution in [1.29, 1.82) is 0 Å². The van der Waals surface area contributed by atoms with Crippen LogP contribution < -0.4 is 15.8 Å². The Kier molecular flexibility index (Phi) is 5.76. The molecule has 2 amide bonds. The fourth-order valence-corrected chi connectivity index (χ4v) is 5.52. The number of carbonyl (C=O) groups is 2. The lowest BCUT2D eigenvalue weighted by Crippen LogP contribution is -2.52. The van der Waals surface area contributed by atoms with Crippen molar-refractivity contribution in [2.45, 2.75) is 70.2 Å². The molecule has 0 spiro atoms. The number of nitrogens with zero attached hydrogens (tertiary/aromatic N) is 3. The second-order valence-corrected chi connectivity index (χ2v) is 11.3. The maximum Gasteiger partial charge on any atom is 0.232 e. The first kappa shape index (κ1) is 24.2. The Morgan fingerprint density at radius 3 is 2.75 bits per heavy atom. The minimum absolute atomic E-state index is 0.104. The number of halogens is 1. The Hall–Kier alpha value is -3.49. The number of aliphatic imine (C=N–C) groups is 1. The number of hydrogen-bond acceptors (Lipinski definition) is 6. The quantitative estimate of drug-likeness (QED) is 0.661. The lowest BCUT2D eigenvalue weighted by atomic mass is 9.89. The molecular formula is C27H32FN5O3. The smallest absolute Gasteiger partial charge is 0.232 e. The van der Waals surface area contributed by atoms with Gasteiger partial charge in [-0.2, -0.15) is 0 Å². The van der Waals surface area contributed by atoms with Crippen LogP contribution in [-0.4, -0.2) is 38.8 Å². The highest BCUT2D eigenvalue weighted by atomic mass is 19.1. The van der Waals surface area contributed by atoms with Crippen LogP contribution in [0, 0.1) is 17.7 Å². The van der Waals surface area contributed by atoms with Crippen LogP contribution in [-0.2, 0) is 9.59 Å². The molecule has 0 saturated heterocycles. The second kappa shape index (κ2) is 8.57. The zero-order valence-electron chi connectivity index (χ0n) is 21.0. The van der Waals surface area contributed by atoms with Crippen LogP contribution >= 0.6 is 0 Å². The fraction of sp³-hybridized carbons (Fsp3) is 0.481. The maximum absolute atomic E-state index is 13.8. The molecule has 0 bridgehead atoms. The summed E-state index contributed by atoms with van der Waals surface area (Å²) in [5.41, 5.74) is 6.75. The molecule has 3 heterocycles. The first-order valence-corrected chi connectivity index (χ1v) is 12.3. The number of ether oxygens (including phenoxy) is 1. The van der Waals surface area contributed by atoms with E-state index in [1.54, 1.807) is 18.5 Å². The van der Waals surface area contributed by atoms with Gasteiger partial charge in [-0.25, -0.2) is 9.38 Å². The number of amides is 2. The molecule has 36 heavy (non-hydrogen) atoms. The van der Waals surface area contributed by atoms with E-state index in [4.69, 9.17) is 10.5 Å². The molecule has 5 rings (SSSR count). The minimum Gasteiger partial charge on any atom is -0.487 e. The molecular weight excluding hydrogens is 461 g/mol. The highest BCUT2D eigenvalue weighted by Crippen LogP contribution is 2.51. The van der Waals surface area contributed by atoms with E-state index in [0.717, 1.165) is 11.1 Å². The molecule has 1 aliphatic carbocycles. The van der Waals surface area contributed by atoms with Crippen molar-refractivity contribution in [2.75, 3.05) is 0 Å². The lowest BCUT2D eigenvalue weighted by molar-refractivity contribution is -0.132. The summed E-state index contributed by atoms with van der Waals surface area (Å²) in [5, 5.41) is 3.16. The first-order valence-electron chi connectivity index (χ1n) is 12.3. The number of pyridine rings is 1. The van der Waals surface area contributed by atoms with Gasteiger partial charge in [-0.15, -0.1) is 0 Å². The van der Waals surface area contributed by atoms with Crippen LogP contribution in [0.4, 0.5) is 4.39 Å². The topological polar surface area (TPSA) is 110 Å². The van der Waals surface area contributed by atoms with Crippen molar-refractivity contribution < 1.29 is 18.7 Å². The zero-order chi connectivity index (χ0) is 25.8. The molecule has 1 fully saturated rings. The van der Waals surface area contributed by atoms with Gasteiger partial charge in [-0.3, -0.25) is 19.5 Å². The van der Waals surface area contributed by atoms with E-state index in [-0.39, 0.29) is 47.9 Å². The predicted octanol–water partition coefficient (Wildman–Crippen LogP) is 3.64. The minimum atomic E-state index is -0.569. The second-order valence-electron chi connectivity index (χ2n) is 11.3. The van der Waals surface area contributed by atoms with Gasteiger partial charge in [-0.1, -0.05) is 12.1 Å². The van der Waals surface area contributed by atoms with Crippen LogP contribution in [0.25, 0.3) is 0 Å². The summed E-state index contributed by atoms with van der Waals surface area (Å²) in [6.07, 6.45) is 4.78. The van der Waals surface area contributed by atoms with E-state index in [1.807, 2.05) is 39.8 Å². The van der Waals surface area contributed by atoms with E-state index in [9.17, 15) is 14.0 Å². The molecule has 2 aliphatic heterocycles. The molecule has 3 aliphatic rings. The van der Waals surface area contributed by atoms with Crippen LogP contribution in [0.2, 0.25) is 0 Å². The average Bonchev–Trinajstić information content (AvgIpc) is 3.55. The summed E-state index contributed by atoms with van der Waals surface area (Å²) in [6.45, 7) is 7.59. The van der Waals surface area contributed by atoms with Gasteiger partial charge in [0.15, 0.2) is 5.96 Å². The summed E-state index contributed by atoms with van der Waals surface area (Å²) < 4.78 is 19.8. The molecule has 1 aromatic heterocycles. The number of guanidine groups is 1. The van der Waals surface area contributed by atoms with Gasteiger partial charge in [-0.05, 0) is 57.7 Å². The van der Waals surface area contributed by atoms with Gasteiger partial charge >= 0.3 is 0 Å². The fourth-order valence-electron chi connectivity index (χ4n) is 5.52. The monoisotopic (exact) mass is 493 g/mol. The van der Waals surface area contributed by atoms with Crippen molar-refractivity contribution in [1.82, 2.24) is 15.2 Å². The number of benzene rings is 1. The van der Waals surface area contributed by atoms with Gasteiger partial charge < -0.3 is 15.8 Å². The molecule has 1 saturated carbocycles. The standard InChI is InChI=1S/C27H32FN5O3/c1-26(2)13-22(34)33(25(29)32-26)23(15-6-5-9-30-14-15)18-11-19(18)24(35)31-20-12-27(3,4)36-21-10-16(28)7-8-17(20)21/h5-10,14,18-20,23H,11-13H2,1-4H3,(H2,29,32)(H,31,35)/t18?,19-,20?,23-/m1/s1. The van der Waals surface area contributed by atoms with E-state index >= 15 is 0 Å². The Bertz CT molecular complexity index is 1230. The van der Waals surface area contributed by atoms with E-state index in [1.165, 1.54) is 17.0 Å². The van der Waals surface area contributed by atoms with Crippen molar-refractivity contribution in [3.8, 4) is 5.75 Å². The number of hydrogen-bond donors (Lipinski definition) is 2. The van der Waals surface area contributed by atoms with E-state index in [0.29, 0.717) is 18.6 Å². The molecule has 9 heteroatoms. The molecule has 4 atom stereocenters. The highest BCUT2D eigenvalue weighted by molar-refractivity contribution is 5.99. The number of carbonyl (C=O) groups excluding carboxylic acids is 2. The normalized spacial score (nSPS) is 26.8. The van der Waals surface area contributed by atoms with Crippen molar-refractivity contribution in [3.05, 3.63) is 59.7 Å². The third kappa shape index (κ3) is 4.66. The Morgan fingerprint density at radius 2 is 2.06 bits per heavy atom. The summed E-state index contributed by atoms with van der Waals surface area (Å²) in [5.74, 6) is -0.427. The number of fused-ring (bicyclic) bond motifs is 1. The third-order valence-corrected chi connectivity index (χ3v) is 7.15. The van der Waals surface area contributed by atoms with Gasteiger partial charge in [0.25, 0.3) is 0 Å². The number of rotatable bonds is 5. The Balaban J connectivity index is 1.39. The van der Waals surface area contributed by atoms with Crippen LogP contribution in [0.3, 0.4) is 0 Å². The number of nitrogens with two attached hydrogens (primary N) is 1. The molecule has 3 N–H and O–H groups in total. The summed E-state index contributed by atoms with van der Waals surface area (Å²) in [6, 6.07) is 7.37. The predicted molar refractivity (Wildman–Crippen MR) is 132 cm³/mol. The van der Waals surface area contributed by atoms with E-state index < -0.39 is 17.2 Å². The lowest BCUT2D eigenvalue weighted by Gasteiger charge is -2.38. The molecule has 8 nitrogen and oxygen atoms in total. The van der Waals surface area contributed by atoms with Gasteiger partial charge in [0.1, 0.15) is 17.2 Å². The van der Waals surface area contributed by atoms with Crippen LogP contribution in [0.5, 0.6) is 5.75 Å². The highest BCUT2D eigenvalue weighted by Gasteiger charge is 2.53. The number of aromatic nitrogens is 1.